The van der Waals surface area contributed by atoms with Gasteiger partial charge in [-0.05, 0) is 36.4 Å². The fourth-order valence-electron chi connectivity index (χ4n) is 2.41. The number of amides is 2. The van der Waals surface area contributed by atoms with E-state index in [1.54, 1.807) is 12.1 Å². The van der Waals surface area contributed by atoms with Gasteiger partial charge < -0.3 is 15.5 Å². The lowest BCUT2D eigenvalue weighted by Crippen LogP contribution is -2.34. The lowest BCUT2D eigenvalue weighted by molar-refractivity contribution is -0.121. The maximum absolute atomic E-state index is 12.4. The lowest BCUT2D eigenvalue weighted by Gasteiger charge is -2.16. The van der Waals surface area contributed by atoms with Crippen molar-refractivity contribution in [3.8, 4) is 11.5 Å². The summed E-state index contributed by atoms with van der Waals surface area (Å²) in [6.45, 7) is 0. The summed E-state index contributed by atoms with van der Waals surface area (Å²) in [6, 6.07) is 11.6. The second kappa shape index (κ2) is 5.40. The van der Waals surface area contributed by atoms with Crippen molar-refractivity contribution in [2.24, 2.45) is 0 Å². The SMILES string of the molecule is O=C1CC(Nc2cccc(O)c2)C(=O)N1c1ccc(O)cc1. The van der Waals surface area contributed by atoms with Gasteiger partial charge in [0.2, 0.25) is 5.91 Å². The van der Waals surface area contributed by atoms with Crippen LogP contribution in [0, 0.1) is 0 Å². The zero-order valence-corrected chi connectivity index (χ0v) is 11.6. The van der Waals surface area contributed by atoms with Crippen LogP contribution in [0.15, 0.2) is 48.5 Å². The molecule has 0 spiro atoms. The van der Waals surface area contributed by atoms with Crippen LogP contribution in [-0.2, 0) is 9.59 Å². The van der Waals surface area contributed by atoms with Crippen molar-refractivity contribution < 1.29 is 19.8 Å². The maximum atomic E-state index is 12.4. The Morgan fingerprint density at radius 3 is 2.41 bits per heavy atom. The number of phenols is 2. The Morgan fingerprint density at radius 1 is 1.00 bits per heavy atom. The third kappa shape index (κ3) is 2.58. The summed E-state index contributed by atoms with van der Waals surface area (Å²) in [6.07, 6.45) is 0.0371. The lowest BCUT2D eigenvalue weighted by atomic mass is 10.2. The highest BCUT2D eigenvalue weighted by Crippen LogP contribution is 2.27. The fourth-order valence-corrected chi connectivity index (χ4v) is 2.41. The molecule has 1 heterocycles. The van der Waals surface area contributed by atoms with Gasteiger partial charge in [0.1, 0.15) is 17.5 Å². The molecule has 22 heavy (non-hydrogen) atoms. The van der Waals surface area contributed by atoms with E-state index in [9.17, 15) is 19.8 Å². The van der Waals surface area contributed by atoms with E-state index >= 15 is 0 Å². The summed E-state index contributed by atoms with van der Waals surface area (Å²) in [5.74, 6) is -0.526. The van der Waals surface area contributed by atoms with E-state index < -0.39 is 6.04 Å². The van der Waals surface area contributed by atoms with Gasteiger partial charge in [-0.2, -0.15) is 0 Å². The highest BCUT2D eigenvalue weighted by Gasteiger charge is 2.39. The number of hydrogen-bond donors (Lipinski definition) is 3. The highest BCUT2D eigenvalue weighted by atomic mass is 16.3. The Kier molecular flexibility index (Phi) is 3.42. The third-order valence-corrected chi connectivity index (χ3v) is 3.44. The van der Waals surface area contributed by atoms with Crippen LogP contribution in [-0.4, -0.2) is 28.1 Å². The average Bonchev–Trinajstić information content (AvgIpc) is 2.75. The third-order valence-electron chi connectivity index (χ3n) is 3.44. The average molecular weight is 298 g/mol. The van der Waals surface area contributed by atoms with Crippen LogP contribution in [0.25, 0.3) is 0 Å². The van der Waals surface area contributed by atoms with Crippen molar-refractivity contribution in [3.63, 3.8) is 0 Å². The molecule has 2 aromatic rings. The number of nitrogens with one attached hydrogen (secondary N) is 1. The first-order valence-electron chi connectivity index (χ1n) is 6.76. The van der Waals surface area contributed by atoms with Crippen LogP contribution in [0.2, 0.25) is 0 Å². The van der Waals surface area contributed by atoms with E-state index in [-0.39, 0.29) is 29.7 Å². The van der Waals surface area contributed by atoms with Crippen LogP contribution >= 0.6 is 0 Å². The number of benzene rings is 2. The van der Waals surface area contributed by atoms with Crippen LogP contribution < -0.4 is 10.2 Å². The smallest absolute Gasteiger partial charge is 0.256 e. The first-order chi connectivity index (χ1) is 10.5. The largest absolute Gasteiger partial charge is 0.508 e. The zero-order valence-electron chi connectivity index (χ0n) is 11.6. The standard InChI is InChI=1S/C16H14N2O4/c19-12-6-4-11(5-7-12)18-15(21)9-14(16(18)22)17-10-2-1-3-13(20)8-10/h1-8,14,17,19-20H,9H2. The molecule has 112 valence electrons. The van der Waals surface area contributed by atoms with Crippen molar-refractivity contribution in [1.82, 2.24) is 0 Å². The van der Waals surface area contributed by atoms with E-state index in [0.29, 0.717) is 11.4 Å². The van der Waals surface area contributed by atoms with Gasteiger partial charge in [-0.15, -0.1) is 0 Å². The quantitative estimate of drug-likeness (QED) is 0.752. The molecule has 6 nitrogen and oxygen atoms in total. The molecule has 2 aromatic carbocycles. The molecule has 1 aliphatic heterocycles. The van der Waals surface area contributed by atoms with Gasteiger partial charge >= 0.3 is 0 Å². The number of carbonyl (C=O) groups is 2. The molecule has 0 saturated carbocycles. The highest BCUT2D eigenvalue weighted by molar-refractivity contribution is 6.23. The van der Waals surface area contributed by atoms with Crippen LogP contribution in [0.3, 0.4) is 0 Å². The van der Waals surface area contributed by atoms with Crippen molar-refractivity contribution in [3.05, 3.63) is 48.5 Å². The molecule has 1 aliphatic rings. The number of hydrogen-bond acceptors (Lipinski definition) is 5. The van der Waals surface area contributed by atoms with Crippen LogP contribution in [0.1, 0.15) is 6.42 Å². The Bertz CT molecular complexity index is 727. The van der Waals surface area contributed by atoms with Gasteiger partial charge in [0, 0.05) is 11.8 Å². The van der Waals surface area contributed by atoms with E-state index in [2.05, 4.69) is 5.32 Å². The number of imide groups is 1. The molecular formula is C16H14N2O4. The van der Waals surface area contributed by atoms with Crippen LogP contribution in [0.4, 0.5) is 11.4 Å². The van der Waals surface area contributed by atoms with Crippen molar-refractivity contribution >= 4 is 23.2 Å². The molecule has 0 bridgehead atoms. The zero-order chi connectivity index (χ0) is 15.7. The van der Waals surface area contributed by atoms with Gasteiger partial charge in [-0.25, -0.2) is 4.90 Å². The molecular weight excluding hydrogens is 284 g/mol. The Balaban J connectivity index is 1.81. The molecule has 1 fully saturated rings. The van der Waals surface area contributed by atoms with Gasteiger partial charge in [0.25, 0.3) is 5.91 Å². The second-order valence-electron chi connectivity index (χ2n) is 5.04. The molecule has 2 amide bonds. The summed E-state index contributed by atoms with van der Waals surface area (Å²) >= 11 is 0. The van der Waals surface area contributed by atoms with Gasteiger partial charge in [-0.1, -0.05) is 6.07 Å². The van der Waals surface area contributed by atoms with E-state index in [4.69, 9.17) is 0 Å². The number of rotatable bonds is 3. The summed E-state index contributed by atoms with van der Waals surface area (Å²) in [4.78, 5) is 25.6. The summed E-state index contributed by atoms with van der Waals surface area (Å²) in [5, 5.41) is 21.7. The first-order valence-corrected chi connectivity index (χ1v) is 6.76. The molecule has 0 aromatic heterocycles. The number of nitrogens with zero attached hydrogens (tertiary/aromatic N) is 1. The number of aromatic hydroxyl groups is 2. The predicted molar refractivity (Wildman–Crippen MR) is 80.7 cm³/mol. The van der Waals surface area contributed by atoms with Crippen LogP contribution in [0.5, 0.6) is 11.5 Å². The molecule has 0 aliphatic carbocycles. The summed E-state index contributed by atoms with van der Waals surface area (Å²) in [7, 11) is 0. The molecule has 0 radical (unpaired) electrons. The van der Waals surface area contributed by atoms with Crippen molar-refractivity contribution in [1.29, 1.82) is 0 Å². The van der Waals surface area contributed by atoms with Crippen molar-refractivity contribution in [2.45, 2.75) is 12.5 Å². The Labute approximate surface area is 126 Å². The monoisotopic (exact) mass is 298 g/mol. The van der Waals surface area contributed by atoms with Gasteiger partial charge in [0.15, 0.2) is 0 Å². The number of phenolic OH excluding ortho intramolecular Hbond substituents is 2. The minimum absolute atomic E-state index is 0.0371. The minimum atomic E-state index is -0.678. The molecule has 1 unspecified atom stereocenters. The topological polar surface area (TPSA) is 89.9 Å². The first kappa shape index (κ1) is 13.9. The van der Waals surface area contributed by atoms with Gasteiger partial charge in [-0.3, -0.25) is 9.59 Å². The molecule has 1 atom stereocenters. The van der Waals surface area contributed by atoms with E-state index in [1.807, 2.05) is 0 Å². The summed E-state index contributed by atoms with van der Waals surface area (Å²) < 4.78 is 0. The molecule has 3 N–H and O–H groups in total. The minimum Gasteiger partial charge on any atom is -0.508 e. The van der Waals surface area contributed by atoms with Gasteiger partial charge in [0.05, 0.1) is 12.1 Å². The maximum Gasteiger partial charge on any atom is 0.256 e. The van der Waals surface area contributed by atoms with E-state index in [0.717, 1.165) is 4.90 Å². The molecule has 1 saturated heterocycles. The predicted octanol–water partition coefficient (Wildman–Crippen LogP) is 1.84. The Hall–Kier alpha value is -3.02. The Morgan fingerprint density at radius 2 is 1.73 bits per heavy atom. The second-order valence-corrected chi connectivity index (χ2v) is 5.04. The fraction of sp³-hybridized carbons (Fsp3) is 0.125. The normalized spacial score (nSPS) is 17.8. The van der Waals surface area contributed by atoms with Crippen molar-refractivity contribution in [2.75, 3.05) is 10.2 Å². The molecule has 3 rings (SSSR count). The number of carbonyl (C=O) groups excluding carboxylic acids is 2. The van der Waals surface area contributed by atoms with E-state index in [1.165, 1.54) is 36.4 Å². The number of anilines is 2. The summed E-state index contributed by atoms with van der Waals surface area (Å²) in [5.41, 5.74) is 0.992. The molecule has 6 heteroatoms.